The Labute approximate surface area is 176 Å². The van der Waals surface area contributed by atoms with Crippen LogP contribution in [0.5, 0.6) is 11.5 Å². The van der Waals surface area contributed by atoms with Crippen molar-refractivity contribution in [1.82, 2.24) is 4.90 Å². The largest absolute Gasteiger partial charge is 0.514 e. The molecule has 0 aromatic heterocycles. The van der Waals surface area contributed by atoms with Crippen molar-refractivity contribution in [3.8, 4) is 17.6 Å². The van der Waals surface area contributed by atoms with Gasteiger partial charge in [-0.2, -0.15) is 5.26 Å². The maximum atomic E-state index is 12.4. The summed E-state index contributed by atoms with van der Waals surface area (Å²) >= 11 is 0. The van der Waals surface area contributed by atoms with Crippen LogP contribution in [0.25, 0.3) is 6.08 Å². The number of aromatic hydroxyl groups is 1. The van der Waals surface area contributed by atoms with Crippen LogP contribution in [0.1, 0.15) is 25.8 Å². The molecule has 0 saturated carbocycles. The van der Waals surface area contributed by atoms with E-state index < -0.39 is 46.2 Å². The highest BCUT2D eigenvalue weighted by atomic mass is 16.7. The zero-order valence-electron chi connectivity index (χ0n) is 16.7. The van der Waals surface area contributed by atoms with Crippen LogP contribution in [0.2, 0.25) is 0 Å². The quantitative estimate of drug-likeness (QED) is 0.167. The van der Waals surface area contributed by atoms with E-state index in [-0.39, 0.29) is 24.2 Å². The van der Waals surface area contributed by atoms with E-state index in [4.69, 9.17) is 9.47 Å². The molecular weight excluding hydrogens is 414 g/mol. The van der Waals surface area contributed by atoms with E-state index in [2.05, 4.69) is 4.74 Å². The average Bonchev–Trinajstić information content (AvgIpc) is 3.13. The number of ether oxygens (including phenoxy) is 3. The minimum Gasteiger partial charge on any atom is -0.499 e. The third-order valence-electron chi connectivity index (χ3n) is 4.31. The standard InChI is InChI=1S/C19H19N3O9/c1-3-21(4-2)17(24)12(10-20)7-11-8-13(22(27)28)16(23)15(9-11)31-19(26)30-14-5-6-29-18(14)25/h7-9,14,23H,3-6H2,1-2H3. The molecule has 1 atom stereocenters. The van der Waals surface area contributed by atoms with Crippen LogP contribution in [0.3, 0.4) is 0 Å². The first-order chi connectivity index (χ1) is 14.7. The number of benzene rings is 1. The molecule has 1 heterocycles. The number of hydrogen-bond acceptors (Lipinski definition) is 10. The highest BCUT2D eigenvalue weighted by Crippen LogP contribution is 2.38. The third kappa shape index (κ3) is 5.47. The predicted molar refractivity (Wildman–Crippen MR) is 103 cm³/mol. The summed E-state index contributed by atoms with van der Waals surface area (Å²) in [5, 5.41) is 30.7. The molecule has 1 unspecified atom stereocenters. The summed E-state index contributed by atoms with van der Waals surface area (Å²) in [5.74, 6) is -2.98. The summed E-state index contributed by atoms with van der Waals surface area (Å²) in [6.45, 7) is 4.19. The molecule has 0 spiro atoms. The second-order valence-electron chi connectivity index (χ2n) is 6.21. The molecule has 12 heteroatoms. The van der Waals surface area contributed by atoms with Gasteiger partial charge in [0.1, 0.15) is 11.6 Å². The Hall–Kier alpha value is -4.14. The summed E-state index contributed by atoms with van der Waals surface area (Å²) in [7, 11) is 0. The van der Waals surface area contributed by atoms with Crippen molar-refractivity contribution in [3.05, 3.63) is 33.4 Å². The van der Waals surface area contributed by atoms with E-state index in [1.165, 1.54) is 4.90 Å². The second kappa shape index (κ2) is 10.1. The molecule has 0 aliphatic carbocycles. The smallest absolute Gasteiger partial charge is 0.499 e. The number of nitro benzene ring substituents is 1. The fourth-order valence-corrected chi connectivity index (χ4v) is 2.72. The zero-order valence-corrected chi connectivity index (χ0v) is 16.7. The topological polar surface area (TPSA) is 169 Å². The molecule has 31 heavy (non-hydrogen) atoms. The second-order valence-corrected chi connectivity index (χ2v) is 6.21. The third-order valence-corrected chi connectivity index (χ3v) is 4.31. The lowest BCUT2D eigenvalue weighted by atomic mass is 10.1. The van der Waals surface area contributed by atoms with Gasteiger partial charge in [0.25, 0.3) is 5.91 Å². The van der Waals surface area contributed by atoms with Crippen LogP contribution < -0.4 is 4.74 Å². The molecule has 1 aromatic rings. The normalized spacial score (nSPS) is 15.6. The number of nitro groups is 1. The molecule has 1 aromatic carbocycles. The zero-order chi connectivity index (χ0) is 23.1. The van der Waals surface area contributed by atoms with E-state index in [0.29, 0.717) is 13.1 Å². The molecule has 1 aliphatic rings. The fourth-order valence-electron chi connectivity index (χ4n) is 2.72. The van der Waals surface area contributed by atoms with Crippen LogP contribution in [-0.4, -0.2) is 58.8 Å². The number of rotatable bonds is 7. The highest BCUT2D eigenvalue weighted by Gasteiger charge is 2.32. The van der Waals surface area contributed by atoms with Crippen LogP contribution in [0.4, 0.5) is 10.5 Å². The Bertz CT molecular complexity index is 977. The number of cyclic esters (lactones) is 1. The van der Waals surface area contributed by atoms with Crippen LogP contribution in [-0.2, 0) is 19.1 Å². The van der Waals surface area contributed by atoms with E-state index in [9.17, 15) is 34.9 Å². The maximum Gasteiger partial charge on any atom is 0.514 e. The summed E-state index contributed by atoms with van der Waals surface area (Å²) in [4.78, 5) is 47.5. The van der Waals surface area contributed by atoms with Gasteiger partial charge in [0.2, 0.25) is 11.9 Å². The Morgan fingerprint density at radius 3 is 2.61 bits per heavy atom. The number of nitriles is 1. The summed E-state index contributed by atoms with van der Waals surface area (Å²) in [6, 6.07) is 3.66. The van der Waals surface area contributed by atoms with Crippen LogP contribution in [0.15, 0.2) is 17.7 Å². The molecular formula is C19H19N3O9. The minimum absolute atomic E-state index is 0.0513. The molecule has 164 valence electrons. The van der Waals surface area contributed by atoms with Crippen molar-refractivity contribution in [2.75, 3.05) is 19.7 Å². The molecule has 1 amide bonds. The van der Waals surface area contributed by atoms with Crippen molar-refractivity contribution in [2.24, 2.45) is 0 Å². The van der Waals surface area contributed by atoms with Gasteiger partial charge >= 0.3 is 17.8 Å². The van der Waals surface area contributed by atoms with Gasteiger partial charge in [0.15, 0.2) is 5.75 Å². The van der Waals surface area contributed by atoms with Crippen molar-refractivity contribution >= 4 is 29.8 Å². The molecule has 1 aliphatic heterocycles. The van der Waals surface area contributed by atoms with E-state index in [1.54, 1.807) is 19.9 Å². The Kier molecular flexibility index (Phi) is 7.51. The maximum absolute atomic E-state index is 12.4. The first-order valence-corrected chi connectivity index (χ1v) is 9.19. The van der Waals surface area contributed by atoms with Gasteiger partial charge in [-0.25, -0.2) is 9.59 Å². The number of esters is 1. The molecule has 1 saturated heterocycles. The van der Waals surface area contributed by atoms with Crippen molar-refractivity contribution in [2.45, 2.75) is 26.4 Å². The van der Waals surface area contributed by atoms with E-state index >= 15 is 0 Å². The van der Waals surface area contributed by atoms with Gasteiger partial charge < -0.3 is 24.2 Å². The number of carbonyl (C=O) groups is 3. The predicted octanol–water partition coefficient (Wildman–Crippen LogP) is 1.91. The number of hydrogen-bond donors (Lipinski definition) is 1. The Morgan fingerprint density at radius 2 is 2.10 bits per heavy atom. The number of carbonyl (C=O) groups excluding carboxylic acids is 3. The lowest BCUT2D eigenvalue weighted by molar-refractivity contribution is -0.385. The Balaban J connectivity index is 2.38. The highest BCUT2D eigenvalue weighted by molar-refractivity contribution is 6.01. The minimum atomic E-state index is -1.39. The molecule has 1 N–H and O–H groups in total. The number of likely N-dealkylation sites (N-methyl/N-ethyl adjacent to an activating group) is 1. The van der Waals surface area contributed by atoms with Crippen LogP contribution >= 0.6 is 0 Å². The lowest BCUT2D eigenvalue weighted by Gasteiger charge is -2.17. The first-order valence-electron chi connectivity index (χ1n) is 9.19. The van der Waals surface area contributed by atoms with Gasteiger partial charge in [0, 0.05) is 25.6 Å². The monoisotopic (exact) mass is 433 g/mol. The van der Waals surface area contributed by atoms with Crippen LogP contribution in [0, 0.1) is 21.4 Å². The number of nitrogens with zero attached hydrogens (tertiary/aromatic N) is 3. The summed E-state index contributed by atoms with van der Waals surface area (Å²) < 4.78 is 14.2. The number of amides is 1. The van der Waals surface area contributed by atoms with E-state index in [1.807, 2.05) is 0 Å². The van der Waals surface area contributed by atoms with Crippen molar-refractivity contribution in [1.29, 1.82) is 5.26 Å². The molecule has 0 radical (unpaired) electrons. The number of phenols is 1. The first kappa shape index (κ1) is 23.1. The average molecular weight is 433 g/mol. The van der Waals surface area contributed by atoms with Gasteiger partial charge in [-0.3, -0.25) is 14.9 Å². The van der Waals surface area contributed by atoms with Gasteiger partial charge in [-0.1, -0.05) is 0 Å². The molecule has 12 nitrogen and oxygen atoms in total. The Morgan fingerprint density at radius 1 is 1.42 bits per heavy atom. The fraction of sp³-hybridized carbons (Fsp3) is 0.368. The molecule has 1 fully saturated rings. The number of phenolic OH excluding ortho intramolecular Hbond substituents is 1. The van der Waals surface area contributed by atoms with Gasteiger partial charge in [0.05, 0.1) is 11.5 Å². The summed E-state index contributed by atoms with van der Waals surface area (Å²) in [6.07, 6.45) is -1.40. The molecule has 0 bridgehead atoms. The van der Waals surface area contributed by atoms with Gasteiger partial charge in [-0.05, 0) is 31.6 Å². The van der Waals surface area contributed by atoms with Crippen molar-refractivity contribution < 1.29 is 38.6 Å². The lowest BCUT2D eigenvalue weighted by Crippen LogP contribution is -2.31. The van der Waals surface area contributed by atoms with Crippen molar-refractivity contribution in [3.63, 3.8) is 0 Å². The molecule has 2 rings (SSSR count). The SMILES string of the molecule is CCN(CC)C(=O)C(C#N)=Cc1cc(OC(=O)OC2CCOC2=O)c(O)c([N+](=O)[O-])c1. The summed E-state index contributed by atoms with van der Waals surface area (Å²) in [5.41, 5.74) is -1.19. The van der Waals surface area contributed by atoms with E-state index in [0.717, 1.165) is 18.2 Å². The van der Waals surface area contributed by atoms with Gasteiger partial charge in [-0.15, -0.1) is 0 Å².